The van der Waals surface area contributed by atoms with Gasteiger partial charge in [0, 0.05) is 30.1 Å². The van der Waals surface area contributed by atoms with Crippen molar-refractivity contribution in [2.75, 3.05) is 20.1 Å². The number of fused-ring (bicyclic) bond motifs is 1. The Morgan fingerprint density at radius 2 is 2.28 bits per heavy atom. The smallest absolute Gasteiger partial charge is 0.134 e. The number of hydrogen-bond acceptors (Lipinski definition) is 3. The van der Waals surface area contributed by atoms with Crippen molar-refractivity contribution >= 4 is 11.0 Å². The Balaban J connectivity index is 1.75. The average molecular weight is 244 g/mol. The molecule has 2 heterocycles. The minimum absolute atomic E-state index is 0.646. The van der Waals surface area contributed by atoms with Crippen LogP contribution in [-0.4, -0.2) is 31.1 Å². The average Bonchev–Trinajstić information content (AvgIpc) is 2.83. The van der Waals surface area contributed by atoms with Gasteiger partial charge in [-0.05, 0) is 32.5 Å². The molecule has 0 aliphatic carbocycles. The van der Waals surface area contributed by atoms with E-state index in [0.717, 1.165) is 18.7 Å². The molecule has 1 atom stereocenters. The molecule has 1 N–H and O–H groups in total. The van der Waals surface area contributed by atoms with E-state index in [-0.39, 0.29) is 0 Å². The van der Waals surface area contributed by atoms with Gasteiger partial charge in [-0.2, -0.15) is 0 Å². The summed E-state index contributed by atoms with van der Waals surface area (Å²) in [4.78, 5) is 2.43. The van der Waals surface area contributed by atoms with Gasteiger partial charge in [-0.25, -0.2) is 0 Å². The van der Waals surface area contributed by atoms with E-state index in [1.54, 1.807) is 0 Å². The van der Waals surface area contributed by atoms with Gasteiger partial charge in [0.15, 0.2) is 0 Å². The number of rotatable bonds is 3. The SMILES string of the molecule is CN(Cc1coc2ccccc12)C1CCCNC1. The molecule has 18 heavy (non-hydrogen) atoms. The van der Waals surface area contributed by atoms with Crippen LogP contribution in [0.4, 0.5) is 0 Å². The number of nitrogens with one attached hydrogen (secondary N) is 1. The van der Waals surface area contributed by atoms with Crippen molar-refractivity contribution in [1.29, 1.82) is 0 Å². The molecule has 1 unspecified atom stereocenters. The molecule has 2 aromatic rings. The van der Waals surface area contributed by atoms with Crippen LogP contribution in [0.1, 0.15) is 18.4 Å². The molecular formula is C15H20N2O. The maximum absolute atomic E-state index is 5.59. The van der Waals surface area contributed by atoms with E-state index in [2.05, 4.69) is 29.4 Å². The summed E-state index contributed by atoms with van der Waals surface area (Å²) in [6.45, 7) is 3.23. The molecule has 0 spiro atoms. The largest absolute Gasteiger partial charge is 0.464 e. The topological polar surface area (TPSA) is 28.4 Å². The predicted octanol–water partition coefficient (Wildman–Crippen LogP) is 2.62. The third kappa shape index (κ3) is 2.28. The summed E-state index contributed by atoms with van der Waals surface area (Å²) >= 11 is 0. The van der Waals surface area contributed by atoms with Crippen molar-refractivity contribution in [1.82, 2.24) is 10.2 Å². The summed E-state index contributed by atoms with van der Waals surface area (Å²) < 4.78 is 5.59. The van der Waals surface area contributed by atoms with Gasteiger partial charge in [-0.3, -0.25) is 4.90 Å². The molecule has 1 aliphatic heterocycles. The van der Waals surface area contributed by atoms with Gasteiger partial charge in [0.1, 0.15) is 5.58 Å². The Labute approximate surface area is 108 Å². The predicted molar refractivity (Wildman–Crippen MR) is 73.6 cm³/mol. The minimum Gasteiger partial charge on any atom is -0.464 e. The number of nitrogens with zero attached hydrogens (tertiary/aromatic N) is 1. The molecule has 1 aliphatic rings. The molecule has 0 radical (unpaired) electrons. The monoisotopic (exact) mass is 244 g/mol. The molecule has 3 rings (SSSR count). The second kappa shape index (κ2) is 5.12. The lowest BCUT2D eigenvalue weighted by Crippen LogP contribution is -2.43. The molecule has 0 bridgehead atoms. The second-order valence-corrected chi connectivity index (χ2v) is 5.17. The Kier molecular flexibility index (Phi) is 3.35. The maximum Gasteiger partial charge on any atom is 0.134 e. The van der Waals surface area contributed by atoms with Crippen LogP contribution in [0.2, 0.25) is 0 Å². The van der Waals surface area contributed by atoms with Crippen LogP contribution in [0, 0.1) is 0 Å². The zero-order valence-corrected chi connectivity index (χ0v) is 10.9. The van der Waals surface area contributed by atoms with Gasteiger partial charge >= 0.3 is 0 Å². The summed E-state index contributed by atoms with van der Waals surface area (Å²) in [7, 11) is 2.21. The molecular weight excluding hydrogens is 224 g/mol. The summed E-state index contributed by atoms with van der Waals surface area (Å²) in [5, 5.41) is 4.71. The third-order valence-electron chi connectivity index (χ3n) is 3.88. The highest BCUT2D eigenvalue weighted by atomic mass is 16.3. The van der Waals surface area contributed by atoms with E-state index in [4.69, 9.17) is 4.42 Å². The van der Waals surface area contributed by atoms with Gasteiger partial charge < -0.3 is 9.73 Å². The first-order chi connectivity index (χ1) is 8.84. The number of piperidine rings is 1. The molecule has 3 heteroatoms. The van der Waals surface area contributed by atoms with E-state index >= 15 is 0 Å². The molecule has 0 saturated carbocycles. The third-order valence-corrected chi connectivity index (χ3v) is 3.88. The molecule has 1 aromatic heterocycles. The van der Waals surface area contributed by atoms with E-state index in [9.17, 15) is 0 Å². The van der Waals surface area contributed by atoms with Gasteiger partial charge in [0.2, 0.25) is 0 Å². The van der Waals surface area contributed by atoms with Crippen LogP contribution in [-0.2, 0) is 6.54 Å². The number of para-hydroxylation sites is 1. The maximum atomic E-state index is 5.59. The number of likely N-dealkylation sites (N-methyl/N-ethyl adjacent to an activating group) is 1. The standard InChI is InChI=1S/C15H20N2O/c1-17(13-5-4-8-16-9-13)10-12-11-18-15-7-3-2-6-14(12)15/h2-3,6-7,11,13,16H,4-5,8-10H2,1H3. The number of hydrogen-bond donors (Lipinski definition) is 1. The molecule has 1 aromatic carbocycles. The molecule has 1 saturated heterocycles. The first-order valence-electron chi connectivity index (χ1n) is 6.70. The van der Waals surface area contributed by atoms with Crippen LogP contribution in [0.3, 0.4) is 0 Å². The van der Waals surface area contributed by atoms with Crippen molar-refractivity contribution in [3.8, 4) is 0 Å². The van der Waals surface area contributed by atoms with Gasteiger partial charge in [-0.1, -0.05) is 18.2 Å². The van der Waals surface area contributed by atoms with Gasteiger partial charge in [0.25, 0.3) is 0 Å². The summed E-state index contributed by atoms with van der Waals surface area (Å²) in [6.07, 6.45) is 4.47. The normalized spacial score (nSPS) is 20.7. The first-order valence-corrected chi connectivity index (χ1v) is 6.70. The number of furan rings is 1. The van der Waals surface area contributed by atoms with Crippen molar-refractivity contribution in [2.24, 2.45) is 0 Å². The highest BCUT2D eigenvalue weighted by Gasteiger charge is 2.18. The number of benzene rings is 1. The second-order valence-electron chi connectivity index (χ2n) is 5.17. The van der Waals surface area contributed by atoms with E-state index < -0.39 is 0 Å². The Bertz CT molecular complexity index is 514. The molecule has 0 amide bonds. The zero-order valence-electron chi connectivity index (χ0n) is 10.9. The fourth-order valence-electron chi connectivity index (χ4n) is 2.76. The highest BCUT2D eigenvalue weighted by Crippen LogP contribution is 2.23. The van der Waals surface area contributed by atoms with E-state index in [0.29, 0.717) is 6.04 Å². The van der Waals surface area contributed by atoms with E-state index in [1.165, 1.54) is 30.3 Å². The van der Waals surface area contributed by atoms with Crippen LogP contribution in [0.5, 0.6) is 0 Å². The van der Waals surface area contributed by atoms with Crippen molar-refractivity contribution < 1.29 is 4.42 Å². The Morgan fingerprint density at radius 1 is 1.39 bits per heavy atom. The highest BCUT2D eigenvalue weighted by molar-refractivity contribution is 5.80. The Morgan fingerprint density at radius 3 is 3.11 bits per heavy atom. The van der Waals surface area contributed by atoms with Crippen LogP contribution < -0.4 is 5.32 Å². The van der Waals surface area contributed by atoms with Crippen molar-refractivity contribution in [3.05, 3.63) is 36.1 Å². The summed E-state index contributed by atoms with van der Waals surface area (Å²) in [6, 6.07) is 8.91. The Hall–Kier alpha value is -1.32. The van der Waals surface area contributed by atoms with Crippen LogP contribution >= 0.6 is 0 Å². The van der Waals surface area contributed by atoms with Gasteiger partial charge in [0.05, 0.1) is 6.26 Å². The summed E-state index contributed by atoms with van der Waals surface area (Å²) in [5.74, 6) is 0. The van der Waals surface area contributed by atoms with Crippen LogP contribution in [0.25, 0.3) is 11.0 Å². The van der Waals surface area contributed by atoms with Crippen LogP contribution in [0.15, 0.2) is 34.9 Å². The van der Waals surface area contributed by atoms with E-state index in [1.807, 2.05) is 18.4 Å². The summed E-state index contributed by atoms with van der Waals surface area (Å²) in [5.41, 5.74) is 2.28. The lowest BCUT2D eigenvalue weighted by atomic mass is 10.1. The van der Waals surface area contributed by atoms with Gasteiger partial charge in [-0.15, -0.1) is 0 Å². The molecule has 96 valence electrons. The first kappa shape index (κ1) is 11.8. The molecule has 1 fully saturated rings. The molecule has 3 nitrogen and oxygen atoms in total. The zero-order chi connectivity index (χ0) is 12.4. The lowest BCUT2D eigenvalue weighted by molar-refractivity contribution is 0.196. The fraction of sp³-hybridized carbons (Fsp3) is 0.467. The van der Waals surface area contributed by atoms with Crippen molar-refractivity contribution in [3.63, 3.8) is 0 Å². The minimum atomic E-state index is 0.646. The fourth-order valence-corrected chi connectivity index (χ4v) is 2.76. The van der Waals surface area contributed by atoms with Crippen molar-refractivity contribution in [2.45, 2.75) is 25.4 Å². The lowest BCUT2D eigenvalue weighted by Gasteiger charge is -2.31. The quantitative estimate of drug-likeness (QED) is 0.899.